The van der Waals surface area contributed by atoms with Gasteiger partial charge in [0.05, 0.1) is 12.8 Å². The lowest BCUT2D eigenvalue weighted by molar-refractivity contribution is -0.136. The van der Waals surface area contributed by atoms with Crippen LogP contribution < -0.4 is 10.1 Å². The van der Waals surface area contributed by atoms with E-state index in [1.165, 1.54) is 7.11 Å². The zero-order valence-corrected chi connectivity index (χ0v) is 12.6. The Kier molecular flexibility index (Phi) is 5.16. The van der Waals surface area contributed by atoms with Gasteiger partial charge in [0.2, 0.25) is 0 Å². The minimum Gasteiger partial charge on any atom is -0.497 e. The van der Waals surface area contributed by atoms with Gasteiger partial charge in [-0.05, 0) is 41.4 Å². The Morgan fingerprint density at radius 3 is 2.61 bits per heavy atom. The summed E-state index contributed by atoms with van der Waals surface area (Å²) in [4.78, 5) is 12.2. The summed E-state index contributed by atoms with van der Waals surface area (Å²) >= 11 is 3.39. The molecule has 100 valence electrons. The molecule has 1 amide bonds. The highest BCUT2D eigenvalue weighted by atomic mass is 79.9. The number of carbonyl (C=O) groups excluding carboxylic acids is 1. The number of rotatable bonds is 5. The lowest BCUT2D eigenvalue weighted by Crippen LogP contribution is -2.41. The summed E-state index contributed by atoms with van der Waals surface area (Å²) in [5.41, 5.74) is -0.168. The van der Waals surface area contributed by atoms with Crippen molar-refractivity contribution < 1.29 is 14.3 Å². The second-order valence-electron chi connectivity index (χ2n) is 4.09. The van der Waals surface area contributed by atoms with Crippen molar-refractivity contribution in [3.05, 3.63) is 22.7 Å². The van der Waals surface area contributed by atoms with E-state index in [1.54, 1.807) is 20.1 Å². The van der Waals surface area contributed by atoms with Gasteiger partial charge >= 0.3 is 0 Å². The van der Waals surface area contributed by atoms with Gasteiger partial charge in [-0.1, -0.05) is 6.92 Å². The molecule has 1 aromatic carbocycles. The van der Waals surface area contributed by atoms with Crippen LogP contribution in [0.25, 0.3) is 0 Å². The zero-order chi connectivity index (χ0) is 13.8. The summed E-state index contributed by atoms with van der Waals surface area (Å²) in [6.45, 7) is 3.67. The number of nitrogens with one attached hydrogen (secondary N) is 1. The van der Waals surface area contributed by atoms with Gasteiger partial charge in [-0.15, -0.1) is 0 Å². The number of anilines is 1. The van der Waals surface area contributed by atoms with Gasteiger partial charge < -0.3 is 14.8 Å². The van der Waals surface area contributed by atoms with Gasteiger partial charge in [0, 0.05) is 17.6 Å². The maximum atomic E-state index is 12.2. The van der Waals surface area contributed by atoms with E-state index in [9.17, 15) is 4.79 Å². The van der Waals surface area contributed by atoms with E-state index >= 15 is 0 Å². The van der Waals surface area contributed by atoms with E-state index in [2.05, 4.69) is 21.2 Å². The number of methoxy groups -OCH3 is 2. The van der Waals surface area contributed by atoms with Crippen molar-refractivity contribution in [2.45, 2.75) is 25.9 Å². The van der Waals surface area contributed by atoms with E-state index in [-0.39, 0.29) is 5.91 Å². The minimum atomic E-state index is -0.831. The SMILES string of the molecule is CCC(C)(OC)C(=O)Nc1cc(OC)ccc1Br. The van der Waals surface area contributed by atoms with Crippen LogP contribution >= 0.6 is 15.9 Å². The number of amides is 1. The molecule has 1 unspecified atom stereocenters. The van der Waals surface area contributed by atoms with Crippen molar-refractivity contribution in [3.63, 3.8) is 0 Å². The number of hydrogen-bond donors (Lipinski definition) is 1. The molecule has 0 aliphatic rings. The zero-order valence-electron chi connectivity index (χ0n) is 11.0. The van der Waals surface area contributed by atoms with E-state index in [1.807, 2.05) is 19.1 Å². The van der Waals surface area contributed by atoms with Crippen LogP contribution in [-0.2, 0) is 9.53 Å². The van der Waals surface area contributed by atoms with Gasteiger partial charge in [-0.2, -0.15) is 0 Å². The molecule has 0 fully saturated rings. The van der Waals surface area contributed by atoms with Gasteiger partial charge in [-0.25, -0.2) is 0 Å². The third kappa shape index (κ3) is 3.23. The van der Waals surface area contributed by atoms with E-state index in [0.29, 0.717) is 17.9 Å². The Hall–Kier alpha value is -1.07. The normalized spacial score (nSPS) is 13.8. The van der Waals surface area contributed by atoms with E-state index < -0.39 is 5.60 Å². The third-order valence-corrected chi connectivity index (χ3v) is 3.72. The predicted octanol–water partition coefficient (Wildman–Crippen LogP) is 3.21. The monoisotopic (exact) mass is 315 g/mol. The Labute approximate surface area is 116 Å². The van der Waals surface area contributed by atoms with Crippen LogP contribution in [0.4, 0.5) is 5.69 Å². The molecule has 0 aromatic heterocycles. The summed E-state index contributed by atoms with van der Waals surface area (Å²) < 4.78 is 11.2. The summed E-state index contributed by atoms with van der Waals surface area (Å²) in [6, 6.07) is 5.40. The minimum absolute atomic E-state index is 0.179. The first kappa shape index (κ1) is 15.0. The van der Waals surface area contributed by atoms with Gasteiger partial charge in [0.25, 0.3) is 5.91 Å². The topological polar surface area (TPSA) is 47.6 Å². The van der Waals surface area contributed by atoms with Crippen LogP contribution in [0.15, 0.2) is 22.7 Å². The van der Waals surface area contributed by atoms with Crippen molar-refractivity contribution in [1.29, 1.82) is 0 Å². The van der Waals surface area contributed by atoms with Crippen LogP contribution in [0.1, 0.15) is 20.3 Å². The molecule has 18 heavy (non-hydrogen) atoms. The highest BCUT2D eigenvalue weighted by Gasteiger charge is 2.31. The second-order valence-corrected chi connectivity index (χ2v) is 4.94. The van der Waals surface area contributed by atoms with Gasteiger partial charge in [0.1, 0.15) is 11.4 Å². The van der Waals surface area contributed by atoms with Crippen LogP contribution in [0, 0.1) is 0 Å². The Balaban J connectivity index is 2.94. The van der Waals surface area contributed by atoms with Gasteiger partial charge in [-0.3, -0.25) is 4.79 Å². The first-order valence-electron chi connectivity index (χ1n) is 5.67. The van der Waals surface area contributed by atoms with Crippen molar-refractivity contribution in [3.8, 4) is 5.75 Å². The molecule has 0 bridgehead atoms. The summed E-state index contributed by atoms with van der Waals surface area (Å²) in [5.74, 6) is 0.505. The first-order valence-corrected chi connectivity index (χ1v) is 6.46. The quantitative estimate of drug-likeness (QED) is 0.907. The molecule has 0 aliphatic carbocycles. The van der Waals surface area contributed by atoms with Crippen LogP contribution in [0.2, 0.25) is 0 Å². The molecule has 0 heterocycles. The van der Waals surface area contributed by atoms with Crippen molar-refractivity contribution >= 4 is 27.5 Å². The Bertz CT molecular complexity index is 430. The standard InChI is InChI=1S/C13H18BrNO3/c1-5-13(2,18-4)12(16)15-11-8-9(17-3)6-7-10(11)14/h6-8H,5H2,1-4H3,(H,15,16). The summed E-state index contributed by atoms with van der Waals surface area (Å²) in [6.07, 6.45) is 0.594. The molecule has 0 spiro atoms. The molecule has 0 saturated heterocycles. The third-order valence-electron chi connectivity index (χ3n) is 3.03. The number of halogens is 1. The average Bonchev–Trinajstić information content (AvgIpc) is 2.40. The Morgan fingerprint density at radius 2 is 2.11 bits per heavy atom. The highest BCUT2D eigenvalue weighted by Crippen LogP contribution is 2.28. The Morgan fingerprint density at radius 1 is 1.44 bits per heavy atom. The predicted molar refractivity (Wildman–Crippen MR) is 75.0 cm³/mol. The van der Waals surface area contributed by atoms with Crippen molar-refractivity contribution in [2.24, 2.45) is 0 Å². The van der Waals surface area contributed by atoms with Crippen LogP contribution in [0.3, 0.4) is 0 Å². The fourth-order valence-corrected chi connectivity index (χ4v) is 1.73. The van der Waals surface area contributed by atoms with E-state index in [4.69, 9.17) is 9.47 Å². The summed E-state index contributed by atoms with van der Waals surface area (Å²) in [7, 11) is 3.11. The lowest BCUT2D eigenvalue weighted by Gasteiger charge is -2.25. The largest absolute Gasteiger partial charge is 0.497 e. The maximum absolute atomic E-state index is 12.2. The number of hydrogen-bond acceptors (Lipinski definition) is 3. The van der Waals surface area contributed by atoms with Crippen molar-refractivity contribution in [1.82, 2.24) is 0 Å². The fourth-order valence-electron chi connectivity index (χ4n) is 1.38. The molecule has 4 nitrogen and oxygen atoms in total. The van der Waals surface area contributed by atoms with Gasteiger partial charge in [0.15, 0.2) is 0 Å². The fraction of sp³-hybridized carbons (Fsp3) is 0.462. The van der Waals surface area contributed by atoms with Crippen molar-refractivity contribution in [2.75, 3.05) is 19.5 Å². The molecule has 0 aliphatic heterocycles. The molecule has 0 saturated carbocycles. The lowest BCUT2D eigenvalue weighted by atomic mass is 10.0. The number of carbonyl (C=O) groups is 1. The molecule has 1 N–H and O–H groups in total. The number of ether oxygens (including phenoxy) is 2. The molecular weight excluding hydrogens is 298 g/mol. The van der Waals surface area contributed by atoms with E-state index in [0.717, 1.165) is 4.47 Å². The first-order chi connectivity index (χ1) is 8.46. The molecule has 5 heteroatoms. The number of benzene rings is 1. The molecule has 1 aromatic rings. The van der Waals surface area contributed by atoms with Crippen LogP contribution in [-0.4, -0.2) is 25.7 Å². The second kappa shape index (κ2) is 6.20. The van der Waals surface area contributed by atoms with Crippen LogP contribution in [0.5, 0.6) is 5.75 Å². The summed E-state index contributed by atoms with van der Waals surface area (Å²) in [5, 5.41) is 2.84. The maximum Gasteiger partial charge on any atom is 0.256 e. The average molecular weight is 316 g/mol. The highest BCUT2D eigenvalue weighted by molar-refractivity contribution is 9.10. The smallest absolute Gasteiger partial charge is 0.256 e. The molecule has 1 atom stereocenters. The molecular formula is C13H18BrNO3. The molecule has 0 radical (unpaired) electrons. The molecule has 1 rings (SSSR count).